The van der Waals surface area contributed by atoms with E-state index >= 15 is 0 Å². The Bertz CT molecular complexity index is 180. The molecule has 0 aromatic rings. The molecule has 1 fully saturated rings. The van der Waals surface area contributed by atoms with E-state index < -0.39 is 0 Å². The van der Waals surface area contributed by atoms with E-state index in [1.54, 1.807) is 7.05 Å². The van der Waals surface area contributed by atoms with E-state index in [-0.39, 0.29) is 0 Å². The summed E-state index contributed by atoms with van der Waals surface area (Å²) in [4.78, 5) is 0. The van der Waals surface area contributed by atoms with Crippen molar-refractivity contribution in [1.29, 1.82) is 5.41 Å². The topological polar surface area (TPSA) is 47.9 Å². The second-order valence-corrected chi connectivity index (χ2v) is 3.23. The molecule has 0 heterocycles. The lowest BCUT2D eigenvalue weighted by Crippen LogP contribution is -2.35. The van der Waals surface area contributed by atoms with E-state index in [4.69, 9.17) is 5.41 Å². The predicted octanol–water partition coefficient (Wildman–Crippen LogP) is 1.23. The Morgan fingerprint density at radius 3 is 2.50 bits per heavy atom. The molecule has 0 aromatic heterocycles. The van der Waals surface area contributed by atoms with Crippen molar-refractivity contribution in [3.8, 4) is 0 Å². The molecule has 12 heavy (non-hydrogen) atoms. The molecule has 0 amide bonds. The minimum absolute atomic E-state index is 0.435. The largest absolute Gasteiger partial charge is 0.386 e. The lowest BCUT2D eigenvalue weighted by Gasteiger charge is -2.15. The molecule has 3 N–H and O–H groups in total. The molecule has 1 saturated carbocycles. The Kier molecular flexibility index (Phi) is 3.14. The number of rotatable bonds is 3. The minimum atomic E-state index is 0.435. The van der Waals surface area contributed by atoms with Gasteiger partial charge >= 0.3 is 0 Å². The van der Waals surface area contributed by atoms with Crippen molar-refractivity contribution in [3.05, 3.63) is 12.3 Å². The summed E-state index contributed by atoms with van der Waals surface area (Å²) < 4.78 is 0. The Hall–Kier alpha value is -0.990. The number of hydrogen-bond donors (Lipinski definition) is 3. The average molecular weight is 167 g/mol. The summed E-state index contributed by atoms with van der Waals surface area (Å²) in [6, 6.07) is 0.502. The molecule has 1 rings (SSSR count). The van der Waals surface area contributed by atoms with Crippen LogP contribution in [0.3, 0.4) is 0 Å². The molecule has 0 atom stereocenters. The zero-order valence-electron chi connectivity index (χ0n) is 7.61. The third-order valence-electron chi connectivity index (χ3n) is 2.31. The van der Waals surface area contributed by atoms with Gasteiger partial charge in [-0.25, -0.2) is 0 Å². The van der Waals surface area contributed by atoms with E-state index in [2.05, 4.69) is 17.2 Å². The summed E-state index contributed by atoms with van der Waals surface area (Å²) in [5, 5.41) is 13.6. The first kappa shape index (κ1) is 9.10. The van der Waals surface area contributed by atoms with Gasteiger partial charge in [0, 0.05) is 13.1 Å². The van der Waals surface area contributed by atoms with Crippen LogP contribution in [0.5, 0.6) is 0 Å². The molecule has 0 spiro atoms. The Morgan fingerprint density at radius 1 is 1.42 bits per heavy atom. The molecule has 0 saturated heterocycles. The molecule has 0 aliphatic heterocycles. The highest BCUT2D eigenvalue weighted by atomic mass is 15.0. The minimum Gasteiger partial charge on any atom is -0.386 e. The van der Waals surface area contributed by atoms with Crippen LogP contribution in [0.15, 0.2) is 12.3 Å². The van der Waals surface area contributed by atoms with Gasteiger partial charge in [0.05, 0.1) is 5.70 Å². The summed E-state index contributed by atoms with van der Waals surface area (Å²) in [6.07, 6.45) is 4.96. The van der Waals surface area contributed by atoms with Gasteiger partial charge < -0.3 is 10.6 Å². The van der Waals surface area contributed by atoms with Crippen molar-refractivity contribution in [1.82, 2.24) is 10.6 Å². The number of amidine groups is 1. The number of likely N-dealkylation sites (N-methyl/N-ethyl adjacent to an activating group) is 1. The lowest BCUT2D eigenvalue weighted by atomic mass is 10.2. The maximum absolute atomic E-state index is 7.59. The lowest BCUT2D eigenvalue weighted by molar-refractivity contribution is 0.626. The van der Waals surface area contributed by atoms with Crippen LogP contribution in [-0.4, -0.2) is 18.9 Å². The molecule has 3 heteroatoms. The standard InChI is InChI=1S/C9H17N3/c1-7(11-2)9(10)12-8-5-3-4-6-8/h8,11H,1,3-6H2,2H3,(H2,10,12). The molecule has 68 valence electrons. The van der Waals surface area contributed by atoms with Gasteiger partial charge in [-0.2, -0.15) is 0 Å². The Labute approximate surface area is 73.7 Å². The van der Waals surface area contributed by atoms with Crippen LogP contribution in [-0.2, 0) is 0 Å². The molecule has 0 bridgehead atoms. The van der Waals surface area contributed by atoms with Gasteiger partial charge in [0.25, 0.3) is 0 Å². The van der Waals surface area contributed by atoms with E-state index in [9.17, 15) is 0 Å². The van der Waals surface area contributed by atoms with Crippen LogP contribution in [0.1, 0.15) is 25.7 Å². The number of hydrogen-bond acceptors (Lipinski definition) is 2. The van der Waals surface area contributed by atoms with Crippen molar-refractivity contribution in [2.75, 3.05) is 7.05 Å². The molecule has 0 unspecified atom stereocenters. The summed E-state index contributed by atoms with van der Waals surface area (Å²) in [5.41, 5.74) is 0.668. The summed E-state index contributed by atoms with van der Waals surface area (Å²) in [5.74, 6) is 0.435. The first-order valence-corrected chi connectivity index (χ1v) is 4.46. The third-order valence-corrected chi connectivity index (χ3v) is 2.31. The Balaban J connectivity index is 2.29. The monoisotopic (exact) mass is 167 g/mol. The van der Waals surface area contributed by atoms with Crippen LogP contribution >= 0.6 is 0 Å². The average Bonchev–Trinajstić information content (AvgIpc) is 2.55. The zero-order valence-corrected chi connectivity index (χ0v) is 7.61. The van der Waals surface area contributed by atoms with Gasteiger partial charge in [0.2, 0.25) is 0 Å². The van der Waals surface area contributed by atoms with Crippen LogP contribution in [0, 0.1) is 5.41 Å². The van der Waals surface area contributed by atoms with Gasteiger partial charge in [0.15, 0.2) is 0 Å². The van der Waals surface area contributed by atoms with Gasteiger partial charge in [0.1, 0.15) is 5.84 Å². The first-order chi connectivity index (χ1) is 5.74. The second-order valence-electron chi connectivity index (χ2n) is 3.23. The van der Waals surface area contributed by atoms with Gasteiger partial charge in [-0.15, -0.1) is 0 Å². The van der Waals surface area contributed by atoms with Gasteiger partial charge in [-0.05, 0) is 12.8 Å². The smallest absolute Gasteiger partial charge is 0.141 e. The fourth-order valence-corrected chi connectivity index (χ4v) is 1.49. The highest BCUT2D eigenvalue weighted by Crippen LogP contribution is 2.17. The maximum atomic E-state index is 7.59. The van der Waals surface area contributed by atoms with Crippen LogP contribution in [0.2, 0.25) is 0 Å². The van der Waals surface area contributed by atoms with Crippen molar-refractivity contribution >= 4 is 5.84 Å². The summed E-state index contributed by atoms with van der Waals surface area (Å²) in [7, 11) is 1.78. The molecule has 1 aliphatic carbocycles. The van der Waals surface area contributed by atoms with E-state index in [1.807, 2.05) is 0 Å². The third kappa shape index (κ3) is 2.26. The number of nitrogens with one attached hydrogen (secondary N) is 3. The van der Waals surface area contributed by atoms with Crippen LogP contribution < -0.4 is 10.6 Å². The molecular weight excluding hydrogens is 150 g/mol. The van der Waals surface area contributed by atoms with E-state index in [0.717, 1.165) is 0 Å². The van der Waals surface area contributed by atoms with Crippen molar-refractivity contribution < 1.29 is 0 Å². The van der Waals surface area contributed by atoms with Gasteiger partial charge in [-0.1, -0.05) is 19.4 Å². The van der Waals surface area contributed by atoms with Crippen LogP contribution in [0.25, 0.3) is 0 Å². The van der Waals surface area contributed by atoms with E-state index in [1.165, 1.54) is 25.7 Å². The summed E-state index contributed by atoms with van der Waals surface area (Å²) >= 11 is 0. The normalized spacial score (nSPS) is 17.4. The van der Waals surface area contributed by atoms with Crippen LogP contribution in [0.4, 0.5) is 0 Å². The highest BCUT2D eigenvalue weighted by Gasteiger charge is 2.15. The quantitative estimate of drug-likeness (QED) is 0.437. The van der Waals surface area contributed by atoms with Gasteiger partial charge in [-0.3, -0.25) is 5.41 Å². The highest BCUT2D eigenvalue weighted by molar-refractivity contribution is 5.94. The van der Waals surface area contributed by atoms with Crippen molar-refractivity contribution in [2.45, 2.75) is 31.7 Å². The molecule has 1 aliphatic rings. The predicted molar refractivity (Wildman–Crippen MR) is 51.3 cm³/mol. The maximum Gasteiger partial charge on any atom is 0.141 e. The van der Waals surface area contributed by atoms with Crippen molar-refractivity contribution in [2.24, 2.45) is 0 Å². The fraction of sp³-hybridized carbons (Fsp3) is 0.667. The van der Waals surface area contributed by atoms with Crippen molar-refractivity contribution in [3.63, 3.8) is 0 Å². The SMILES string of the molecule is C=C(NC)C(=N)NC1CCCC1. The molecule has 0 radical (unpaired) electrons. The fourth-order valence-electron chi connectivity index (χ4n) is 1.49. The molecule has 0 aromatic carbocycles. The molecule has 3 nitrogen and oxygen atoms in total. The molecular formula is C9H17N3. The Morgan fingerprint density at radius 2 is 2.00 bits per heavy atom. The van der Waals surface area contributed by atoms with E-state index in [0.29, 0.717) is 17.6 Å². The second kappa shape index (κ2) is 4.14. The first-order valence-electron chi connectivity index (χ1n) is 4.46. The summed E-state index contributed by atoms with van der Waals surface area (Å²) in [6.45, 7) is 3.72. The zero-order chi connectivity index (χ0) is 8.97.